The monoisotopic (exact) mass is 308 g/mol. The second kappa shape index (κ2) is 6.33. The Morgan fingerprint density at radius 3 is 3.19 bits per heavy atom. The molecule has 1 aliphatic rings. The molecule has 21 heavy (non-hydrogen) atoms. The van der Waals surface area contributed by atoms with Gasteiger partial charge in [0, 0.05) is 26.2 Å². The number of benzene rings is 1. The van der Waals surface area contributed by atoms with Crippen LogP contribution in [-0.2, 0) is 11.3 Å². The van der Waals surface area contributed by atoms with Gasteiger partial charge >= 0.3 is 0 Å². The number of likely N-dealkylation sites (N-methyl/N-ethyl adjacent to an activating group) is 1. The minimum Gasteiger partial charge on any atom is -0.385 e. The summed E-state index contributed by atoms with van der Waals surface area (Å²) >= 11 is 1.23. The largest absolute Gasteiger partial charge is 0.385 e. The van der Waals surface area contributed by atoms with Gasteiger partial charge in [-0.2, -0.15) is 8.75 Å². The van der Waals surface area contributed by atoms with Crippen LogP contribution >= 0.6 is 11.7 Å². The van der Waals surface area contributed by atoms with E-state index in [2.05, 4.69) is 31.1 Å². The number of rotatable bonds is 4. The summed E-state index contributed by atoms with van der Waals surface area (Å²) in [5.74, 6) is 0. The van der Waals surface area contributed by atoms with Crippen molar-refractivity contribution in [2.24, 2.45) is 0 Å². The summed E-state index contributed by atoms with van der Waals surface area (Å²) in [5.41, 5.74) is 2.21. The van der Waals surface area contributed by atoms with E-state index in [4.69, 9.17) is 4.74 Å². The van der Waals surface area contributed by atoms with Crippen molar-refractivity contribution in [2.75, 3.05) is 39.9 Å². The lowest BCUT2D eigenvalue weighted by molar-refractivity contribution is -0.0461. The van der Waals surface area contributed by atoms with Crippen LogP contribution in [0.1, 0.15) is 5.56 Å². The fourth-order valence-corrected chi connectivity index (χ4v) is 3.19. The molecule has 1 aromatic carbocycles. The molecule has 0 radical (unpaired) electrons. The lowest BCUT2D eigenvalue weighted by atomic mass is 10.0. The summed E-state index contributed by atoms with van der Waals surface area (Å²) < 4.78 is 13.9. The number of β-amino-alcohol motifs (C(OH)–C–C–N with tert-alkyl or cyclic N) is 1. The van der Waals surface area contributed by atoms with E-state index in [1.165, 1.54) is 17.3 Å². The number of nitrogens with one attached hydrogen (secondary N) is 1. The lowest BCUT2D eigenvalue weighted by Gasteiger charge is -2.30. The van der Waals surface area contributed by atoms with Gasteiger partial charge in [0.2, 0.25) is 0 Å². The second-order valence-electron chi connectivity index (χ2n) is 5.71. The Morgan fingerprint density at radius 2 is 2.29 bits per heavy atom. The molecule has 0 saturated carbocycles. The Kier molecular flexibility index (Phi) is 4.46. The third-order valence-electron chi connectivity index (χ3n) is 3.58. The molecule has 2 heterocycles. The van der Waals surface area contributed by atoms with Gasteiger partial charge in [-0.05, 0) is 24.7 Å². The molecule has 1 atom stereocenters. The molecule has 0 amide bonds. The Bertz CT molecular complexity index is 595. The third-order valence-corrected chi connectivity index (χ3v) is 4.14. The van der Waals surface area contributed by atoms with Crippen LogP contribution in [0.5, 0.6) is 0 Å². The predicted molar refractivity (Wildman–Crippen MR) is 82.4 cm³/mol. The van der Waals surface area contributed by atoms with E-state index >= 15 is 0 Å². The van der Waals surface area contributed by atoms with E-state index in [-0.39, 0.29) is 0 Å². The third kappa shape index (κ3) is 3.75. The van der Waals surface area contributed by atoms with Crippen LogP contribution in [0.2, 0.25) is 0 Å². The molecule has 0 aliphatic carbocycles. The van der Waals surface area contributed by atoms with Crippen LogP contribution in [0.15, 0.2) is 18.2 Å². The van der Waals surface area contributed by atoms with Gasteiger partial charge in [-0.25, -0.2) is 0 Å². The van der Waals surface area contributed by atoms with Gasteiger partial charge in [0.05, 0.1) is 24.9 Å². The van der Waals surface area contributed by atoms with Crippen molar-refractivity contribution in [3.63, 3.8) is 0 Å². The Labute approximate surface area is 128 Å². The maximum atomic E-state index is 10.6. The fourth-order valence-electron chi connectivity index (χ4n) is 2.68. The lowest BCUT2D eigenvalue weighted by Crippen LogP contribution is -2.50. The molecule has 2 aromatic rings. The SMILES string of the molecule is CN(Cc1ccc2nsnc2c1)C[C@@]1(O)CNCCOC1. The zero-order valence-electron chi connectivity index (χ0n) is 12.1. The van der Waals surface area contributed by atoms with Crippen molar-refractivity contribution in [1.82, 2.24) is 19.0 Å². The molecule has 2 N–H and O–H groups in total. The van der Waals surface area contributed by atoms with Crippen molar-refractivity contribution < 1.29 is 9.84 Å². The summed E-state index contributed by atoms with van der Waals surface area (Å²) in [6.07, 6.45) is 0. The Hall–Kier alpha value is -1.12. The number of fused-ring (bicyclic) bond motifs is 1. The molecule has 3 rings (SSSR count). The topological polar surface area (TPSA) is 70.5 Å². The zero-order valence-corrected chi connectivity index (χ0v) is 12.9. The summed E-state index contributed by atoms with van der Waals surface area (Å²) in [4.78, 5) is 2.11. The molecule has 6 nitrogen and oxygen atoms in total. The quantitative estimate of drug-likeness (QED) is 0.856. The maximum Gasteiger partial charge on any atom is 0.113 e. The van der Waals surface area contributed by atoms with Gasteiger partial charge in [-0.3, -0.25) is 4.90 Å². The average Bonchev–Trinajstić information content (AvgIpc) is 2.80. The Balaban J connectivity index is 1.63. The minimum absolute atomic E-state index is 0.374. The van der Waals surface area contributed by atoms with Crippen LogP contribution in [-0.4, -0.2) is 64.3 Å². The predicted octanol–water partition coefficient (Wildman–Crippen LogP) is 0.474. The molecule has 0 bridgehead atoms. The number of aliphatic hydroxyl groups is 1. The highest BCUT2D eigenvalue weighted by molar-refractivity contribution is 7.00. The molecule has 1 aliphatic heterocycles. The van der Waals surface area contributed by atoms with Crippen LogP contribution in [0.25, 0.3) is 11.0 Å². The van der Waals surface area contributed by atoms with Crippen LogP contribution in [0, 0.1) is 0 Å². The normalized spacial score (nSPS) is 23.6. The van der Waals surface area contributed by atoms with Crippen LogP contribution in [0.3, 0.4) is 0 Å². The van der Waals surface area contributed by atoms with E-state index < -0.39 is 5.60 Å². The van der Waals surface area contributed by atoms with Gasteiger partial charge in [0.25, 0.3) is 0 Å². The molecule has 1 aromatic heterocycles. The summed E-state index contributed by atoms with van der Waals surface area (Å²) in [5, 5.41) is 13.8. The van der Waals surface area contributed by atoms with E-state index in [1.807, 2.05) is 13.1 Å². The number of nitrogens with zero attached hydrogens (tertiary/aromatic N) is 3. The second-order valence-corrected chi connectivity index (χ2v) is 6.24. The number of aromatic nitrogens is 2. The fraction of sp³-hybridized carbons (Fsp3) is 0.571. The molecule has 1 fully saturated rings. The minimum atomic E-state index is -0.836. The van der Waals surface area contributed by atoms with Crippen molar-refractivity contribution in [2.45, 2.75) is 12.1 Å². The van der Waals surface area contributed by atoms with Gasteiger partial charge in [-0.15, -0.1) is 0 Å². The first kappa shape index (κ1) is 14.8. The van der Waals surface area contributed by atoms with E-state index in [0.717, 1.165) is 24.1 Å². The molecule has 114 valence electrons. The standard InChI is InChI=1S/C14H20N4O2S/c1-18(9-14(19)8-15-4-5-20-10-14)7-11-2-3-12-13(6-11)17-21-16-12/h2-3,6,15,19H,4-5,7-10H2,1H3/t14-/m0/s1. The van der Waals surface area contributed by atoms with Crippen molar-refractivity contribution >= 4 is 22.8 Å². The van der Waals surface area contributed by atoms with Gasteiger partial charge in [-0.1, -0.05) is 6.07 Å². The molecular weight excluding hydrogens is 288 g/mol. The Morgan fingerprint density at radius 1 is 1.43 bits per heavy atom. The molecule has 7 heteroatoms. The molecule has 0 spiro atoms. The smallest absolute Gasteiger partial charge is 0.113 e. The van der Waals surface area contributed by atoms with Crippen molar-refractivity contribution in [1.29, 1.82) is 0 Å². The van der Waals surface area contributed by atoms with E-state index in [0.29, 0.717) is 26.3 Å². The summed E-state index contributed by atoms with van der Waals surface area (Å²) in [6.45, 7) is 3.70. The van der Waals surface area contributed by atoms with Gasteiger partial charge in [0.1, 0.15) is 16.6 Å². The highest BCUT2D eigenvalue weighted by Crippen LogP contribution is 2.16. The highest BCUT2D eigenvalue weighted by atomic mass is 32.1. The summed E-state index contributed by atoms with van der Waals surface area (Å²) in [6, 6.07) is 6.11. The molecule has 1 saturated heterocycles. The van der Waals surface area contributed by atoms with E-state index in [9.17, 15) is 5.11 Å². The van der Waals surface area contributed by atoms with Gasteiger partial charge in [0.15, 0.2) is 0 Å². The highest BCUT2D eigenvalue weighted by Gasteiger charge is 2.30. The zero-order chi connectivity index (χ0) is 14.7. The molecular formula is C14H20N4O2S. The first-order valence-corrected chi connectivity index (χ1v) is 7.78. The van der Waals surface area contributed by atoms with Crippen LogP contribution in [0.4, 0.5) is 0 Å². The first-order chi connectivity index (χ1) is 10.1. The van der Waals surface area contributed by atoms with Crippen molar-refractivity contribution in [3.8, 4) is 0 Å². The summed E-state index contributed by atoms with van der Waals surface area (Å²) in [7, 11) is 2.01. The van der Waals surface area contributed by atoms with E-state index in [1.54, 1.807) is 0 Å². The number of hydrogen-bond donors (Lipinski definition) is 2. The number of hydrogen-bond acceptors (Lipinski definition) is 7. The van der Waals surface area contributed by atoms with Crippen molar-refractivity contribution in [3.05, 3.63) is 23.8 Å². The van der Waals surface area contributed by atoms with Gasteiger partial charge < -0.3 is 15.2 Å². The molecule has 0 unspecified atom stereocenters. The van der Waals surface area contributed by atoms with Crippen LogP contribution < -0.4 is 5.32 Å². The first-order valence-electron chi connectivity index (χ1n) is 7.05. The average molecular weight is 308 g/mol. The number of ether oxygens (including phenoxy) is 1. The maximum absolute atomic E-state index is 10.6.